The molecule has 20 heavy (non-hydrogen) atoms. The SMILES string of the molecule is CCCCn1ncc(NC2CCCC2OC)c(Cl)c1=O. The van der Waals surface area contributed by atoms with Crippen LogP contribution < -0.4 is 10.9 Å². The van der Waals surface area contributed by atoms with Crippen molar-refractivity contribution in [2.45, 2.75) is 57.7 Å². The number of unbranched alkanes of at least 4 members (excludes halogenated alkanes) is 1. The van der Waals surface area contributed by atoms with Gasteiger partial charge in [0.2, 0.25) is 0 Å². The number of ether oxygens (including phenoxy) is 1. The minimum Gasteiger partial charge on any atom is -0.379 e. The number of halogens is 1. The topological polar surface area (TPSA) is 56.1 Å². The van der Waals surface area contributed by atoms with Crippen molar-refractivity contribution in [2.75, 3.05) is 12.4 Å². The standard InChI is InChI=1S/C14H22ClN3O2/c1-3-4-8-18-14(19)13(15)11(9-16-18)17-10-6-5-7-12(10)20-2/h9-10,12,17H,3-8H2,1-2H3. The van der Waals surface area contributed by atoms with Crippen molar-refractivity contribution in [2.24, 2.45) is 0 Å². The van der Waals surface area contributed by atoms with E-state index < -0.39 is 0 Å². The van der Waals surface area contributed by atoms with Gasteiger partial charge in [0.15, 0.2) is 0 Å². The Balaban J connectivity index is 2.13. The van der Waals surface area contributed by atoms with Gasteiger partial charge < -0.3 is 10.1 Å². The molecular formula is C14H22ClN3O2. The van der Waals surface area contributed by atoms with Gasteiger partial charge in [-0.25, -0.2) is 4.68 Å². The molecule has 0 saturated heterocycles. The van der Waals surface area contributed by atoms with Crippen LogP contribution in [0.2, 0.25) is 5.02 Å². The lowest BCUT2D eigenvalue weighted by molar-refractivity contribution is 0.101. The first-order chi connectivity index (χ1) is 9.67. The molecule has 0 aliphatic heterocycles. The highest BCUT2D eigenvalue weighted by atomic mass is 35.5. The van der Waals surface area contributed by atoms with Gasteiger partial charge in [-0.05, 0) is 25.7 Å². The van der Waals surface area contributed by atoms with Crippen molar-refractivity contribution in [1.82, 2.24) is 9.78 Å². The number of aryl methyl sites for hydroxylation is 1. The van der Waals surface area contributed by atoms with E-state index in [1.165, 1.54) is 4.68 Å². The average Bonchev–Trinajstić information content (AvgIpc) is 2.90. The molecule has 112 valence electrons. The summed E-state index contributed by atoms with van der Waals surface area (Å²) in [7, 11) is 1.72. The summed E-state index contributed by atoms with van der Waals surface area (Å²) in [5.74, 6) is 0. The zero-order chi connectivity index (χ0) is 14.5. The molecule has 0 radical (unpaired) electrons. The summed E-state index contributed by atoms with van der Waals surface area (Å²) in [6.07, 6.45) is 6.93. The number of anilines is 1. The van der Waals surface area contributed by atoms with Crippen LogP contribution in [0.25, 0.3) is 0 Å². The largest absolute Gasteiger partial charge is 0.379 e. The Morgan fingerprint density at radius 3 is 3.05 bits per heavy atom. The third-order valence-electron chi connectivity index (χ3n) is 3.80. The summed E-state index contributed by atoms with van der Waals surface area (Å²) in [6, 6.07) is 0.199. The van der Waals surface area contributed by atoms with E-state index >= 15 is 0 Å². The van der Waals surface area contributed by atoms with Crippen LogP contribution in [0.15, 0.2) is 11.0 Å². The molecule has 1 aliphatic rings. The number of rotatable bonds is 6. The minimum absolute atomic E-state index is 0.175. The summed E-state index contributed by atoms with van der Waals surface area (Å²) in [6.45, 7) is 2.69. The van der Waals surface area contributed by atoms with Crippen molar-refractivity contribution in [3.05, 3.63) is 21.6 Å². The molecule has 1 N–H and O–H groups in total. The molecule has 2 atom stereocenters. The molecule has 0 spiro atoms. The normalized spacial score (nSPS) is 22.1. The Morgan fingerprint density at radius 2 is 2.35 bits per heavy atom. The van der Waals surface area contributed by atoms with E-state index in [0.717, 1.165) is 32.1 Å². The molecular weight excluding hydrogens is 278 g/mol. The van der Waals surface area contributed by atoms with Gasteiger partial charge in [0.25, 0.3) is 5.56 Å². The molecule has 2 rings (SSSR count). The summed E-state index contributed by atoms with van der Waals surface area (Å²) in [4.78, 5) is 12.1. The Labute approximate surface area is 124 Å². The fourth-order valence-corrected chi connectivity index (χ4v) is 2.81. The molecule has 6 heteroatoms. The highest BCUT2D eigenvalue weighted by Gasteiger charge is 2.27. The maximum Gasteiger partial charge on any atom is 0.287 e. The van der Waals surface area contributed by atoms with Crippen LogP contribution >= 0.6 is 11.6 Å². The fourth-order valence-electron chi connectivity index (χ4n) is 2.61. The van der Waals surface area contributed by atoms with Crippen molar-refractivity contribution in [3.8, 4) is 0 Å². The zero-order valence-electron chi connectivity index (χ0n) is 12.1. The van der Waals surface area contributed by atoms with Crippen molar-refractivity contribution < 1.29 is 4.74 Å². The number of methoxy groups -OCH3 is 1. The molecule has 5 nitrogen and oxygen atoms in total. The van der Waals surface area contributed by atoms with Crippen LogP contribution in [0.4, 0.5) is 5.69 Å². The summed E-state index contributed by atoms with van der Waals surface area (Å²) < 4.78 is 6.86. The molecule has 1 aliphatic carbocycles. The van der Waals surface area contributed by atoms with Crippen molar-refractivity contribution >= 4 is 17.3 Å². The van der Waals surface area contributed by atoms with E-state index in [1.807, 2.05) is 0 Å². The molecule has 0 amide bonds. The summed E-state index contributed by atoms with van der Waals surface area (Å²) >= 11 is 6.17. The van der Waals surface area contributed by atoms with Crippen LogP contribution in [-0.2, 0) is 11.3 Å². The Bertz CT molecular complexity index is 504. The summed E-state index contributed by atoms with van der Waals surface area (Å²) in [5, 5.41) is 7.71. The molecule has 1 aromatic heterocycles. The Kier molecular flexibility index (Phi) is 5.43. The lowest BCUT2D eigenvalue weighted by atomic mass is 10.2. The van der Waals surface area contributed by atoms with E-state index in [9.17, 15) is 4.79 Å². The van der Waals surface area contributed by atoms with Crippen molar-refractivity contribution in [3.63, 3.8) is 0 Å². The zero-order valence-corrected chi connectivity index (χ0v) is 12.8. The second-order valence-corrected chi connectivity index (χ2v) is 5.59. The van der Waals surface area contributed by atoms with Gasteiger partial charge in [-0.15, -0.1) is 0 Å². The van der Waals surface area contributed by atoms with Crippen molar-refractivity contribution in [1.29, 1.82) is 0 Å². The van der Waals surface area contributed by atoms with E-state index in [4.69, 9.17) is 16.3 Å². The van der Waals surface area contributed by atoms with Crippen LogP contribution in [0.3, 0.4) is 0 Å². The molecule has 2 unspecified atom stereocenters. The molecule has 0 bridgehead atoms. The first-order valence-electron chi connectivity index (χ1n) is 7.22. The Hall–Kier alpha value is -1.07. The Morgan fingerprint density at radius 1 is 1.55 bits per heavy atom. The second-order valence-electron chi connectivity index (χ2n) is 5.21. The maximum atomic E-state index is 12.1. The van der Waals surface area contributed by atoms with Gasteiger partial charge in [0.1, 0.15) is 5.02 Å². The van der Waals surface area contributed by atoms with Gasteiger partial charge in [-0.3, -0.25) is 4.79 Å². The number of nitrogens with zero attached hydrogens (tertiary/aromatic N) is 2. The van der Waals surface area contributed by atoms with E-state index in [1.54, 1.807) is 13.3 Å². The average molecular weight is 300 g/mol. The number of hydrogen-bond acceptors (Lipinski definition) is 4. The van der Waals surface area contributed by atoms with E-state index in [0.29, 0.717) is 12.2 Å². The minimum atomic E-state index is -0.225. The van der Waals surface area contributed by atoms with Crippen LogP contribution in [-0.4, -0.2) is 29.0 Å². The summed E-state index contributed by atoms with van der Waals surface area (Å²) in [5.41, 5.74) is 0.385. The second kappa shape index (κ2) is 7.09. The van der Waals surface area contributed by atoms with Gasteiger partial charge in [0, 0.05) is 13.7 Å². The number of hydrogen-bond donors (Lipinski definition) is 1. The van der Waals surface area contributed by atoms with Gasteiger partial charge in [-0.2, -0.15) is 5.10 Å². The number of aromatic nitrogens is 2. The van der Waals surface area contributed by atoms with Gasteiger partial charge in [0.05, 0.1) is 24.0 Å². The number of nitrogens with one attached hydrogen (secondary N) is 1. The monoisotopic (exact) mass is 299 g/mol. The van der Waals surface area contributed by atoms with E-state index in [-0.39, 0.29) is 22.7 Å². The molecule has 1 heterocycles. The maximum absolute atomic E-state index is 12.1. The smallest absolute Gasteiger partial charge is 0.287 e. The van der Waals surface area contributed by atoms with Crippen LogP contribution in [0.5, 0.6) is 0 Å². The lowest BCUT2D eigenvalue weighted by Gasteiger charge is -2.21. The van der Waals surface area contributed by atoms with Crippen LogP contribution in [0.1, 0.15) is 39.0 Å². The predicted molar refractivity (Wildman–Crippen MR) is 80.5 cm³/mol. The molecule has 1 aromatic rings. The first-order valence-corrected chi connectivity index (χ1v) is 7.60. The quantitative estimate of drug-likeness (QED) is 0.877. The highest BCUT2D eigenvalue weighted by Crippen LogP contribution is 2.26. The van der Waals surface area contributed by atoms with E-state index in [2.05, 4.69) is 17.3 Å². The molecule has 0 aromatic carbocycles. The molecule has 1 saturated carbocycles. The lowest BCUT2D eigenvalue weighted by Crippen LogP contribution is -2.32. The predicted octanol–water partition coefficient (Wildman–Crippen LogP) is 2.68. The third-order valence-corrected chi connectivity index (χ3v) is 4.17. The third kappa shape index (κ3) is 3.33. The highest BCUT2D eigenvalue weighted by molar-refractivity contribution is 6.32. The van der Waals surface area contributed by atoms with Gasteiger partial charge in [-0.1, -0.05) is 24.9 Å². The van der Waals surface area contributed by atoms with Crippen LogP contribution in [0, 0.1) is 0 Å². The molecule has 1 fully saturated rings. The fraction of sp³-hybridized carbons (Fsp3) is 0.714. The first kappa shape index (κ1) is 15.3. The van der Waals surface area contributed by atoms with Gasteiger partial charge >= 0.3 is 0 Å².